The SMILES string of the molecule is C1=Cc2ccc3ccc(-c4c5ccccc5c(-c5ccc6ccccc6c5)c5c4cnc4ccccc45)c4c3c2C(=CC4)C1. The second-order valence-corrected chi connectivity index (χ2v) is 12.2. The lowest BCUT2D eigenvalue weighted by Gasteiger charge is -2.26. The molecule has 10 rings (SSSR count). The van der Waals surface area contributed by atoms with Gasteiger partial charge in [0.05, 0.1) is 5.52 Å². The first-order valence-electron chi connectivity index (χ1n) is 15.5. The van der Waals surface area contributed by atoms with Gasteiger partial charge in [0.15, 0.2) is 0 Å². The molecule has 1 heterocycles. The summed E-state index contributed by atoms with van der Waals surface area (Å²) in [4.78, 5) is 5.06. The lowest BCUT2D eigenvalue weighted by atomic mass is 9.77. The molecular weight excluding hydrogens is 530 g/mol. The molecule has 7 aromatic carbocycles. The van der Waals surface area contributed by atoms with Crippen molar-refractivity contribution in [2.75, 3.05) is 0 Å². The molecule has 0 atom stereocenters. The van der Waals surface area contributed by atoms with Crippen LogP contribution in [0.25, 0.3) is 87.9 Å². The van der Waals surface area contributed by atoms with Gasteiger partial charge in [-0.25, -0.2) is 0 Å². The highest BCUT2D eigenvalue weighted by atomic mass is 14.7. The molecule has 1 nitrogen and oxygen atoms in total. The minimum atomic E-state index is 0.940. The third kappa shape index (κ3) is 3.27. The number of allylic oxidation sites excluding steroid dienone is 3. The standard InChI is InChI=1S/C43H27N/c1-2-9-30-24-31(19-16-26(30)8-1)41-32-12-3-4-13-33(32)42(37-25-44-38-15-6-5-14-36(38)43(37)41)35-23-21-29-18-17-27-10-7-11-28-20-22-34(35)40(29)39(27)28/h1-10,12-21,23-25H,11,22H2. The summed E-state index contributed by atoms with van der Waals surface area (Å²) in [6.45, 7) is 0. The van der Waals surface area contributed by atoms with Crippen molar-refractivity contribution in [3.8, 4) is 22.3 Å². The predicted octanol–water partition coefficient (Wildman–Crippen LogP) is 11.5. The quantitative estimate of drug-likeness (QED) is 0.152. The van der Waals surface area contributed by atoms with Gasteiger partial charge >= 0.3 is 0 Å². The fourth-order valence-electron chi connectivity index (χ4n) is 8.00. The Labute approximate surface area is 255 Å². The van der Waals surface area contributed by atoms with E-state index in [-0.39, 0.29) is 0 Å². The van der Waals surface area contributed by atoms with Gasteiger partial charge in [0.25, 0.3) is 0 Å². The first-order chi connectivity index (χ1) is 21.8. The van der Waals surface area contributed by atoms with Crippen LogP contribution in [-0.4, -0.2) is 4.98 Å². The number of hydrogen-bond donors (Lipinski definition) is 0. The van der Waals surface area contributed by atoms with Crippen LogP contribution in [0.15, 0.2) is 134 Å². The smallest absolute Gasteiger partial charge is 0.0708 e. The molecule has 8 aromatic rings. The van der Waals surface area contributed by atoms with Crippen LogP contribution in [0.4, 0.5) is 0 Å². The van der Waals surface area contributed by atoms with Gasteiger partial charge in [-0.3, -0.25) is 4.98 Å². The van der Waals surface area contributed by atoms with Gasteiger partial charge in [-0.1, -0.05) is 121 Å². The number of fused-ring (bicyclic) bond motifs is 5. The zero-order valence-corrected chi connectivity index (χ0v) is 24.1. The fraction of sp³-hybridized carbons (Fsp3) is 0.0465. The number of benzene rings is 7. The van der Waals surface area contributed by atoms with Gasteiger partial charge in [-0.05, 0) is 102 Å². The summed E-state index contributed by atoms with van der Waals surface area (Å²) < 4.78 is 0. The maximum absolute atomic E-state index is 5.06. The summed E-state index contributed by atoms with van der Waals surface area (Å²) >= 11 is 0. The first-order valence-corrected chi connectivity index (χ1v) is 15.5. The molecule has 2 aliphatic rings. The van der Waals surface area contributed by atoms with E-state index in [9.17, 15) is 0 Å². The lowest BCUT2D eigenvalue weighted by molar-refractivity contribution is 1.23. The van der Waals surface area contributed by atoms with Gasteiger partial charge in [-0.15, -0.1) is 0 Å². The van der Waals surface area contributed by atoms with Crippen LogP contribution < -0.4 is 0 Å². The van der Waals surface area contributed by atoms with Crippen molar-refractivity contribution in [3.63, 3.8) is 0 Å². The van der Waals surface area contributed by atoms with Crippen LogP contribution in [0.1, 0.15) is 23.1 Å². The molecule has 0 N–H and O–H groups in total. The molecule has 0 saturated carbocycles. The van der Waals surface area contributed by atoms with E-state index in [2.05, 4.69) is 140 Å². The normalized spacial score (nSPS) is 13.8. The molecule has 0 amide bonds. The molecule has 44 heavy (non-hydrogen) atoms. The van der Waals surface area contributed by atoms with Crippen molar-refractivity contribution in [1.29, 1.82) is 0 Å². The van der Waals surface area contributed by atoms with Crippen LogP contribution in [-0.2, 0) is 6.42 Å². The van der Waals surface area contributed by atoms with E-state index >= 15 is 0 Å². The van der Waals surface area contributed by atoms with E-state index in [1.807, 2.05) is 0 Å². The molecule has 2 aliphatic carbocycles. The molecule has 1 heteroatoms. The number of hydrogen-bond acceptors (Lipinski definition) is 1. The molecular formula is C43H27N. The van der Waals surface area contributed by atoms with Crippen LogP contribution in [0.3, 0.4) is 0 Å². The van der Waals surface area contributed by atoms with Gasteiger partial charge in [0.1, 0.15) is 0 Å². The molecule has 0 unspecified atom stereocenters. The number of para-hydroxylation sites is 1. The second kappa shape index (κ2) is 8.99. The third-order valence-corrected chi connectivity index (χ3v) is 9.90. The highest BCUT2D eigenvalue weighted by molar-refractivity contribution is 6.28. The Morgan fingerprint density at radius 3 is 2.18 bits per heavy atom. The summed E-state index contributed by atoms with van der Waals surface area (Å²) in [6, 6.07) is 42.5. The predicted molar refractivity (Wildman–Crippen MR) is 188 cm³/mol. The average Bonchev–Trinajstić information content (AvgIpc) is 3.09. The summed E-state index contributed by atoms with van der Waals surface area (Å²) in [5.74, 6) is 0. The molecule has 0 radical (unpaired) electrons. The maximum Gasteiger partial charge on any atom is 0.0708 e. The summed E-state index contributed by atoms with van der Waals surface area (Å²) in [5.41, 5.74) is 11.8. The van der Waals surface area contributed by atoms with Crippen molar-refractivity contribution >= 4 is 65.6 Å². The van der Waals surface area contributed by atoms with Crippen molar-refractivity contribution < 1.29 is 0 Å². The topological polar surface area (TPSA) is 12.9 Å². The average molecular weight is 558 g/mol. The van der Waals surface area contributed by atoms with E-state index in [0.717, 1.165) is 18.4 Å². The minimum absolute atomic E-state index is 0.940. The third-order valence-electron chi connectivity index (χ3n) is 9.90. The summed E-state index contributed by atoms with van der Waals surface area (Å²) in [5, 5.41) is 11.5. The Kier molecular flexibility index (Phi) is 4.90. The number of rotatable bonds is 2. The van der Waals surface area contributed by atoms with E-state index < -0.39 is 0 Å². The van der Waals surface area contributed by atoms with Gasteiger partial charge in [0.2, 0.25) is 0 Å². The van der Waals surface area contributed by atoms with Crippen LogP contribution in [0, 0.1) is 0 Å². The van der Waals surface area contributed by atoms with Crippen molar-refractivity contribution in [2.45, 2.75) is 12.8 Å². The molecule has 1 aromatic heterocycles. The van der Waals surface area contributed by atoms with E-state index in [1.165, 1.54) is 93.0 Å². The van der Waals surface area contributed by atoms with E-state index in [0.29, 0.717) is 0 Å². The zero-order chi connectivity index (χ0) is 28.8. The second-order valence-electron chi connectivity index (χ2n) is 12.2. The van der Waals surface area contributed by atoms with Crippen molar-refractivity contribution in [1.82, 2.24) is 4.98 Å². The number of aromatic nitrogens is 1. The Morgan fingerprint density at radius 1 is 0.523 bits per heavy atom. The van der Waals surface area contributed by atoms with Gasteiger partial charge in [0, 0.05) is 22.4 Å². The molecule has 0 spiro atoms. The zero-order valence-electron chi connectivity index (χ0n) is 24.1. The first kappa shape index (κ1) is 24.0. The van der Waals surface area contributed by atoms with Crippen LogP contribution >= 0.6 is 0 Å². The van der Waals surface area contributed by atoms with Crippen LogP contribution in [0.2, 0.25) is 0 Å². The maximum atomic E-state index is 5.06. The molecule has 0 aliphatic heterocycles. The fourth-order valence-corrected chi connectivity index (χ4v) is 8.00. The van der Waals surface area contributed by atoms with Crippen LogP contribution in [0.5, 0.6) is 0 Å². The molecule has 0 fully saturated rings. The van der Waals surface area contributed by atoms with E-state index in [4.69, 9.17) is 4.98 Å². The molecule has 0 saturated heterocycles. The lowest BCUT2D eigenvalue weighted by Crippen LogP contribution is -2.05. The Morgan fingerprint density at radius 2 is 1.27 bits per heavy atom. The summed E-state index contributed by atoms with van der Waals surface area (Å²) in [6.07, 6.45) is 11.2. The minimum Gasteiger partial charge on any atom is -0.256 e. The van der Waals surface area contributed by atoms with Gasteiger partial charge < -0.3 is 0 Å². The molecule has 204 valence electrons. The van der Waals surface area contributed by atoms with Crippen molar-refractivity contribution in [3.05, 3.63) is 150 Å². The molecule has 0 bridgehead atoms. The highest BCUT2D eigenvalue weighted by Crippen LogP contribution is 2.49. The number of nitrogens with zero attached hydrogens (tertiary/aromatic N) is 1. The van der Waals surface area contributed by atoms with E-state index in [1.54, 1.807) is 0 Å². The summed E-state index contributed by atoms with van der Waals surface area (Å²) in [7, 11) is 0. The highest BCUT2D eigenvalue weighted by Gasteiger charge is 2.25. The number of pyridine rings is 1. The van der Waals surface area contributed by atoms with Crippen molar-refractivity contribution in [2.24, 2.45) is 0 Å². The Bertz CT molecular complexity index is 2600. The largest absolute Gasteiger partial charge is 0.256 e. The Balaban J connectivity index is 1.40. The van der Waals surface area contributed by atoms with Gasteiger partial charge in [-0.2, -0.15) is 0 Å². The Hall–Kier alpha value is -5.53. The monoisotopic (exact) mass is 557 g/mol.